The highest BCUT2D eigenvalue weighted by atomic mass is 16.8. The van der Waals surface area contributed by atoms with Crippen molar-refractivity contribution >= 4 is 5.97 Å². The molecule has 0 aromatic heterocycles. The first-order valence-corrected chi connectivity index (χ1v) is 30.6. The molecule has 0 aromatic carbocycles. The van der Waals surface area contributed by atoms with Crippen LogP contribution in [0.15, 0.2) is 11.6 Å². The van der Waals surface area contributed by atoms with E-state index < -0.39 is 189 Å². The highest BCUT2D eigenvalue weighted by Crippen LogP contribution is 2.76. The van der Waals surface area contributed by atoms with E-state index in [0.29, 0.717) is 51.4 Å². The van der Waals surface area contributed by atoms with E-state index >= 15 is 4.79 Å². The minimum absolute atomic E-state index is 0.0670. The molecule has 10 rings (SSSR count). The molecular formula is C59H96O26. The van der Waals surface area contributed by atoms with Crippen LogP contribution in [-0.2, 0) is 52.2 Å². The molecule has 5 saturated heterocycles. The number of rotatable bonds is 13. The Morgan fingerprint density at radius 2 is 1.14 bits per heavy atom. The smallest absolute Gasteiger partial charge is 0.315 e. The number of fused-ring (bicyclic) bond motifs is 7. The van der Waals surface area contributed by atoms with Crippen molar-refractivity contribution < 1.29 is 129 Å². The summed E-state index contributed by atoms with van der Waals surface area (Å²) in [7, 11) is 0. The predicted molar refractivity (Wildman–Crippen MR) is 288 cm³/mol. The number of esters is 1. The zero-order chi connectivity index (χ0) is 62.0. The van der Waals surface area contributed by atoms with Crippen molar-refractivity contribution in [3.63, 3.8) is 0 Å². The van der Waals surface area contributed by atoms with E-state index in [1.54, 1.807) is 0 Å². The van der Waals surface area contributed by atoms with Crippen molar-refractivity contribution in [2.75, 3.05) is 26.4 Å². The Kier molecular flexibility index (Phi) is 19.0. The standard InChI is InChI=1S/C59H96O26/c1-24-34(63)38(67)42(71)49(78-24)83-46-29(20-60)80-48(45(74)41(46)70)77-22-30-37(66)40(69)44(73)51(81-30)85-53(75)59-17-15-54(3,4)19-27(59)26-9-10-32-55(5)13-12-33(56(6,23-61)31(55)11-14-58(32,8)57(26,7)16-18-59)82-52-47(36(65)28(62)21-76-52)84-50-43(72)39(68)35(64)25(2)79-50/h9,24-25,27-52,60-74H,10-23H2,1-8H3. The summed E-state index contributed by atoms with van der Waals surface area (Å²) >= 11 is 0. The Morgan fingerprint density at radius 1 is 0.565 bits per heavy atom. The molecule has 26 nitrogen and oxygen atoms in total. The molecule has 0 amide bonds. The Bertz CT molecular complexity index is 2370. The van der Waals surface area contributed by atoms with E-state index in [0.717, 1.165) is 12.8 Å². The summed E-state index contributed by atoms with van der Waals surface area (Å²) in [5.41, 5.74) is -1.93. The van der Waals surface area contributed by atoms with Crippen LogP contribution in [0.5, 0.6) is 0 Å². The maximum Gasteiger partial charge on any atom is 0.315 e. The SMILES string of the molecule is CC1OC(OC2C(CO)OC(OCC3OC(OC(=O)C45CCC(C)(C)CC4C4=CCC6C7(C)CCC(OC8OCC(O)C(O)C8OC8OC(C)C(O)C(O)C8O)C(C)(CO)C7CCC6(C)C4(C)CC5)C(O)C(O)C3O)C(O)C2O)C(O)C(O)C1O. The summed E-state index contributed by atoms with van der Waals surface area (Å²) < 4.78 is 59.4. The van der Waals surface area contributed by atoms with E-state index in [1.807, 2.05) is 6.92 Å². The van der Waals surface area contributed by atoms with Gasteiger partial charge in [0.1, 0.15) is 104 Å². The molecule has 33 atom stereocenters. The summed E-state index contributed by atoms with van der Waals surface area (Å²) in [6.07, 6.45) is -29.6. The van der Waals surface area contributed by atoms with Crippen molar-refractivity contribution in [1.82, 2.24) is 0 Å². The van der Waals surface area contributed by atoms with Crippen molar-refractivity contribution in [2.45, 2.75) is 273 Å². The molecule has 5 heterocycles. The average Bonchev–Trinajstić information content (AvgIpc) is 0.688. The molecule has 33 unspecified atom stereocenters. The monoisotopic (exact) mass is 1220 g/mol. The average molecular weight is 1220 g/mol. The van der Waals surface area contributed by atoms with Gasteiger partial charge in [-0.15, -0.1) is 0 Å². The quantitative estimate of drug-likeness (QED) is 0.0513. The van der Waals surface area contributed by atoms with Gasteiger partial charge in [0.05, 0.1) is 50.2 Å². The molecule has 85 heavy (non-hydrogen) atoms. The van der Waals surface area contributed by atoms with Crippen molar-refractivity contribution in [3.8, 4) is 0 Å². The third-order valence-corrected chi connectivity index (χ3v) is 23.2. The maximum absolute atomic E-state index is 15.2. The highest BCUT2D eigenvalue weighted by molar-refractivity contribution is 5.79. The first-order valence-electron chi connectivity index (χ1n) is 30.6. The molecule has 4 saturated carbocycles. The molecule has 5 aliphatic carbocycles. The van der Waals surface area contributed by atoms with Gasteiger partial charge in [0.2, 0.25) is 6.29 Å². The van der Waals surface area contributed by atoms with Crippen molar-refractivity contribution in [2.24, 2.45) is 50.2 Å². The zero-order valence-electron chi connectivity index (χ0n) is 49.8. The Balaban J connectivity index is 0.833. The van der Waals surface area contributed by atoms with E-state index in [9.17, 15) is 76.6 Å². The molecule has 26 heteroatoms. The first-order chi connectivity index (χ1) is 39.8. The van der Waals surface area contributed by atoms with E-state index in [-0.39, 0.29) is 47.2 Å². The minimum Gasteiger partial charge on any atom is -0.432 e. The second kappa shape index (κ2) is 24.4. The van der Waals surface area contributed by atoms with Crippen LogP contribution in [0.1, 0.15) is 120 Å². The third kappa shape index (κ3) is 11.1. The number of aliphatic hydroxyl groups excluding tert-OH is 15. The van der Waals surface area contributed by atoms with Gasteiger partial charge in [-0.05, 0) is 117 Å². The van der Waals surface area contributed by atoms with Crippen LogP contribution in [0.4, 0.5) is 0 Å². The van der Waals surface area contributed by atoms with Gasteiger partial charge in [-0.2, -0.15) is 0 Å². The first kappa shape index (κ1) is 66.2. The number of hydrogen-bond donors (Lipinski definition) is 15. The van der Waals surface area contributed by atoms with Crippen LogP contribution in [0.25, 0.3) is 0 Å². The van der Waals surface area contributed by atoms with Crippen LogP contribution in [0.3, 0.4) is 0 Å². The van der Waals surface area contributed by atoms with Gasteiger partial charge in [-0.1, -0.05) is 53.2 Å². The number of carbonyl (C=O) groups is 1. The van der Waals surface area contributed by atoms with E-state index in [1.165, 1.54) is 19.4 Å². The summed E-state index contributed by atoms with van der Waals surface area (Å²) in [4.78, 5) is 15.2. The summed E-state index contributed by atoms with van der Waals surface area (Å²) in [6.45, 7) is 14.3. The van der Waals surface area contributed by atoms with Gasteiger partial charge < -0.3 is 124 Å². The lowest BCUT2D eigenvalue weighted by molar-refractivity contribution is -0.365. The molecule has 0 radical (unpaired) electrons. The predicted octanol–water partition coefficient (Wildman–Crippen LogP) is -2.54. The maximum atomic E-state index is 15.2. The lowest BCUT2D eigenvalue weighted by Gasteiger charge is -2.71. The Morgan fingerprint density at radius 3 is 1.76 bits per heavy atom. The molecule has 488 valence electrons. The largest absolute Gasteiger partial charge is 0.432 e. The number of aliphatic hydroxyl groups is 15. The van der Waals surface area contributed by atoms with Gasteiger partial charge in [-0.25, -0.2) is 0 Å². The zero-order valence-corrected chi connectivity index (χ0v) is 49.8. The van der Waals surface area contributed by atoms with Gasteiger partial charge >= 0.3 is 5.97 Å². The topological polar surface area (TPSA) is 413 Å². The fourth-order valence-corrected chi connectivity index (χ4v) is 17.5. The molecule has 0 bridgehead atoms. The Hall–Kier alpha value is -1.75. The van der Waals surface area contributed by atoms with Crippen LogP contribution >= 0.6 is 0 Å². The third-order valence-electron chi connectivity index (χ3n) is 23.2. The molecule has 10 aliphatic rings. The second-order valence-electron chi connectivity index (χ2n) is 28.5. The van der Waals surface area contributed by atoms with Crippen molar-refractivity contribution in [3.05, 3.63) is 11.6 Å². The molecule has 0 spiro atoms. The van der Waals surface area contributed by atoms with Crippen LogP contribution < -0.4 is 0 Å². The molecular weight excluding hydrogens is 1120 g/mol. The van der Waals surface area contributed by atoms with Crippen LogP contribution in [-0.4, -0.2) is 263 Å². The van der Waals surface area contributed by atoms with Crippen LogP contribution in [0, 0.1) is 50.2 Å². The van der Waals surface area contributed by atoms with E-state index in [4.69, 9.17) is 47.4 Å². The van der Waals surface area contributed by atoms with Crippen LogP contribution in [0.2, 0.25) is 0 Å². The lowest BCUT2D eigenvalue weighted by atomic mass is 9.33. The second-order valence-corrected chi connectivity index (χ2v) is 28.5. The fourth-order valence-electron chi connectivity index (χ4n) is 17.5. The molecule has 0 aromatic rings. The van der Waals surface area contributed by atoms with E-state index in [2.05, 4.69) is 40.7 Å². The van der Waals surface area contributed by atoms with Gasteiger partial charge in [-0.3, -0.25) is 4.79 Å². The number of carbonyl (C=O) groups excluding carboxylic acids is 1. The Labute approximate surface area is 494 Å². The number of allylic oxidation sites excluding steroid dienone is 2. The normalized spacial score (nSPS) is 55.3. The summed E-state index contributed by atoms with van der Waals surface area (Å²) in [6, 6.07) is 0. The van der Waals surface area contributed by atoms with Crippen molar-refractivity contribution in [1.29, 1.82) is 0 Å². The number of ether oxygens (including phenoxy) is 10. The fraction of sp³-hybridized carbons (Fsp3) is 0.949. The summed E-state index contributed by atoms with van der Waals surface area (Å²) in [5, 5.41) is 163. The highest BCUT2D eigenvalue weighted by Gasteiger charge is 2.71. The minimum atomic E-state index is -1.90. The molecule has 9 fully saturated rings. The lowest BCUT2D eigenvalue weighted by Crippen LogP contribution is -2.67. The molecule has 15 N–H and O–H groups in total. The van der Waals surface area contributed by atoms with Gasteiger partial charge in [0, 0.05) is 5.41 Å². The number of hydrogen-bond acceptors (Lipinski definition) is 26. The molecule has 5 aliphatic heterocycles. The van der Waals surface area contributed by atoms with Gasteiger partial charge in [0.25, 0.3) is 0 Å². The summed E-state index contributed by atoms with van der Waals surface area (Å²) in [5.74, 6) is -0.861. The van der Waals surface area contributed by atoms with Gasteiger partial charge in [0.15, 0.2) is 25.2 Å².